The van der Waals surface area contributed by atoms with E-state index in [4.69, 9.17) is 16.3 Å². The van der Waals surface area contributed by atoms with Gasteiger partial charge >= 0.3 is 0 Å². The Morgan fingerprint density at radius 2 is 1.96 bits per heavy atom. The van der Waals surface area contributed by atoms with E-state index in [-0.39, 0.29) is 23.2 Å². The molecule has 0 spiro atoms. The summed E-state index contributed by atoms with van der Waals surface area (Å²) in [6.45, 7) is 0.416. The first-order chi connectivity index (χ1) is 13.5. The van der Waals surface area contributed by atoms with Crippen molar-refractivity contribution in [2.45, 2.75) is 12.3 Å². The number of amides is 1. The standard InChI is InChI=1S/C21H16ClFN2O3/c22-12-1-3-15(16-6-8-28-19-10-13(23)2-4-17(16)19)18(9-12)21(27)25-14-5-7-24-20(26)11-14/h1-5,7,9-11,16H,6,8H2,(H2,24,25,26,27). The topological polar surface area (TPSA) is 71.2 Å². The number of rotatable bonds is 3. The molecule has 0 bridgehead atoms. The Morgan fingerprint density at radius 3 is 2.79 bits per heavy atom. The third kappa shape index (κ3) is 3.64. The van der Waals surface area contributed by atoms with Crippen LogP contribution in [0.25, 0.3) is 0 Å². The Hall–Kier alpha value is -3.12. The fourth-order valence-electron chi connectivity index (χ4n) is 3.44. The highest BCUT2D eigenvalue weighted by atomic mass is 35.5. The molecule has 2 aromatic carbocycles. The lowest BCUT2D eigenvalue weighted by molar-refractivity contribution is 0.102. The second-order valence-corrected chi connectivity index (χ2v) is 6.94. The number of benzene rings is 2. The van der Waals surface area contributed by atoms with Crippen LogP contribution in [0.5, 0.6) is 5.75 Å². The second-order valence-electron chi connectivity index (χ2n) is 6.50. The minimum absolute atomic E-state index is 0.137. The molecule has 7 heteroatoms. The smallest absolute Gasteiger partial charge is 0.256 e. The van der Waals surface area contributed by atoms with Crippen molar-refractivity contribution < 1.29 is 13.9 Å². The summed E-state index contributed by atoms with van der Waals surface area (Å²) in [6, 6.07) is 12.4. The second kappa shape index (κ2) is 7.48. The van der Waals surface area contributed by atoms with Gasteiger partial charge in [-0.2, -0.15) is 0 Å². The van der Waals surface area contributed by atoms with Gasteiger partial charge in [0.05, 0.1) is 6.61 Å². The predicted molar refractivity (Wildman–Crippen MR) is 105 cm³/mol. The van der Waals surface area contributed by atoms with E-state index in [0.717, 1.165) is 11.1 Å². The molecule has 0 aliphatic carbocycles. The molecular formula is C21H16ClFN2O3. The number of aromatic nitrogens is 1. The van der Waals surface area contributed by atoms with E-state index in [1.54, 1.807) is 30.3 Å². The number of hydrogen-bond acceptors (Lipinski definition) is 3. The number of fused-ring (bicyclic) bond motifs is 1. The van der Waals surface area contributed by atoms with Gasteiger partial charge in [-0.1, -0.05) is 23.7 Å². The van der Waals surface area contributed by atoms with Gasteiger partial charge in [0.25, 0.3) is 5.91 Å². The maximum absolute atomic E-state index is 13.6. The highest BCUT2D eigenvalue weighted by molar-refractivity contribution is 6.31. The minimum atomic E-state index is -0.377. The minimum Gasteiger partial charge on any atom is -0.493 e. The summed E-state index contributed by atoms with van der Waals surface area (Å²) in [5.74, 6) is -0.408. The molecule has 1 aliphatic heterocycles. The van der Waals surface area contributed by atoms with Gasteiger partial charge in [-0.15, -0.1) is 0 Å². The van der Waals surface area contributed by atoms with E-state index >= 15 is 0 Å². The molecule has 1 atom stereocenters. The number of halogens is 2. The number of nitrogens with one attached hydrogen (secondary N) is 2. The molecular weight excluding hydrogens is 383 g/mol. The van der Waals surface area contributed by atoms with Crippen LogP contribution in [0.15, 0.2) is 59.5 Å². The number of anilines is 1. The zero-order valence-corrected chi connectivity index (χ0v) is 15.4. The zero-order valence-electron chi connectivity index (χ0n) is 14.7. The van der Waals surface area contributed by atoms with Gasteiger partial charge in [0.1, 0.15) is 11.6 Å². The number of carbonyl (C=O) groups is 1. The van der Waals surface area contributed by atoms with Crippen LogP contribution in [0, 0.1) is 5.82 Å². The number of ether oxygens (including phenoxy) is 1. The summed E-state index contributed by atoms with van der Waals surface area (Å²) in [5, 5.41) is 3.15. The van der Waals surface area contributed by atoms with Gasteiger partial charge in [-0.3, -0.25) is 9.59 Å². The molecule has 1 aliphatic rings. The van der Waals surface area contributed by atoms with Gasteiger partial charge in [0.15, 0.2) is 0 Å². The summed E-state index contributed by atoms with van der Waals surface area (Å²) in [6.07, 6.45) is 2.10. The first-order valence-electron chi connectivity index (χ1n) is 8.73. The van der Waals surface area contributed by atoms with Crippen LogP contribution in [-0.2, 0) is 0 Å². The molecule has 1 aromatic heterocycles. The number of H-pyrrole nitrogens is 1. The Balaban J connectivity index is 1.74. The van der Waals surface area contributed by atoms with Crippen molar-refractivity contribution in [1.29, 1.82) is 0 Å². The Bertz CT molecular complexity index is 1110. The predicted octanol–water partition coefficient (Wildman–Crippen LogP) is 4.33. The summed E-state index contributed by atoms with van der Waals surface area (Å²) in [7, 11) is 0. The van der Waals surface area contributed by atoms with Gasteiger partial charge in [-0.25, -0.2) is 4.39 Å². The highest BCUT2D eigenvalue weighted by Crippen LogP contribution is 2.40. The fourth-order valence-corrected chi connectivity index (χ4v) is 3.61. The molecule has 5 nitrogen and oxygen atoms in total. The van der Waals surface area contributed by atoms with E-state index in [9.17, 15) is 14.0 Å². The van der Waals surface area contributed by atoms with E-state index in [1.165, 1.54) is 24.4 Å². The van der Waals surface area contributed by atoms with Crippen molar-refractivity contribution in [2.75, 3.05) is 11.9 Å². The third-order valence-corrected chi connectivity index (χ3v) is 4.92. The molecule has 2 heterocycles. The Morgan fingerprint density at radius 1 is 1.14 bits per heavy atom. The van der Waals surface area contributed by atoms with Gasteiger partial charge in [0, 0.05) is 46.1 Å². The van der Waals surface area contributed by atoms with Crippen LogP contribution in [0.3, 0.4) is 0 Å². The monoisotopic (exact) mass is 398 g/mol. The molecule has 0 radical (unpaired) electrons. The summed E-state index contributed by atoms with van der Waals surface area (Å²) in [4.78, 5) is 26.9. The van der Waals surface area contributed by atoms with Crippen LogP contribution in [0.2, 0.25) is 5.02 Å². The summed E-state index contributed by atoms with van der Waals surface area (Å²) >= 11 is 6.14. The third-order valence-electron chi connectivity index (χ3n) is 4.68. The Kier molecular flexibility index (Phi) is 4.88. The summed E-state index contributed by atoms with van der Waals surface area (Å²) < 4.78 is 19.2. The Labute approximate surface area is 165 Å². The summed E-state index contributed by atoms with van der Waals surface area (Å²) in [5.41, 5.74) is 2.05. The highest BCUT2D eigenvalue weighted by Gasteiger charge is 2.27. The fraction of sp³-hybridized carbons (Fsp3) is 0.143. The molecule has 4 rings (SSSR count). The SMILES string of the molecule is O=C(Nc1cc[nH]c(=O)c1)c1cc(Cl)ccc1C1CCOc2cc(F)ccc21. The average Bonchev–Trinajstić information content (AvgIpc) is 2.67. The van der Waals surface area contributed by atoms with E-state index in [1.807, 2.05) is 0 Å². The maximum Gasteiger partial charge on any atom is 0.256 e. The van der Waals surface area contributed by atoms with Gasteiger partial charge < -0.3 is 15.0 Å². The van der Waals surface area contributed by atoms with Crippen molar-refractivity contribution >= 4 is 23.2 Å². The van der Waals surface area contributed by atoms with E-state index < -0.39 is 0 Å². The first kappa shape index (κ1) is 18.3. The van der Waals surface area contributed by atoms with Crippen molar-refractivity contribution in [3.63, 3.8) is 0 Å². The molecule has 1 amide bonds. The van der Waals surface area contributed by atoms with Gasteiger partial charge in [0.2, 0.25) is 5.56 Å². The molecule has 1 unspecified atom stereocenters. The van der Waals surface area contributed by atoms with Crippen LogP contribution < -0.4 is 15.6 Å². The number of aromatic amines is 1. The maximum atomic E-state index is 13.6. The molecule has 0 saturated heterocycles. The van der Waals surface area contributed by atoms with Crippen LogP contribution in [0.4, 0.5) is 10.1 Å². The van der Waals surface area contributed by atoms with Crippen molar-refractivity contribution in [3.8, 4) is 5.75 Å². The normalized spacial score (nSPS) is 15.4. The van der Waals surface area contributed by atoms with Crippen LogP contribution in [0.1, 0.15) is 33.8 Å². The van der Waals surface area contributed by atoms with Crippen molar-refractivity contribution in [1.82, 2.24) is 4.98 Å². The average molecular weight is 399 g/mol. The lowest BCUT2D eigenvalue weighted by Crippen LogP contribution is -2.21. The lowest BCUT2D eigenvalue weighted by atomic mass is 9.84. The molecule has 0 fully saturated rings. The molecule has 2 N–H and O–H groups in total. The van der Waals surface area contributed by atoms with Crippen molar-refractivity contribution in [3.05, 3.63) is 92.6 Å². The van der Waals surface area contributed by atoms with E-state index in [2.05, 4.69) is 10.3 Å². The van der Waals surface area contributed by atoms with Crippen LogP contribution in [-0.4, -0.2) is 17.5 Å². The molecule has 0 saturated carbocycles. The van der Waals surface area contributed by atoms with Crippen molar-refractivity contribution in [2.24, 2.45) is 0 Å². The quantitative estimate of drug-likeness (QED) is 0.689. The molecule has 3 aromatic rings. The zero-order chi connectivity index (χ0) is 19.7. The van der Waals surface area contributed by atoms with E-state index in [0.29, 0.717) is 35.1 Å². The molecule has 142 valence electrons. The molecule has 28 heavy (non-hydrogen) atoms. The van der Waals surface area contributed by atoms with Crippen LogP contribution >= 0.6 is 11.6 Å². The number of carbonyl (C=O) groups excluding carboxylic acids is 1. The number of pyridine rings is 1. The number of hydrogen-bond donors (Lipinski definition) is 2. The first-order valence-corrected chi connectivity index (χ1v) is 9.11. The lowest BCUT2D eigenvalue weighted by Gasteiger charge is -2.27. The largest absolute Gasteiger partial charge is 0.493 e. The van der Waals surface area contributed by atoms with Gasteiger partial charge in [-0.05, 0) is 36.2 Å².